The molecule has 1 aromatic rings. The number of amides is 1. The van der Waals surface area contributed by atoms with E-state index in [4.69, 9.17) is 5.11 Å². The quantitative estimate of drug-likeness (QED) is 0.657. The van der Waals surface area contributed by atoms with E-state index in [2.05, 4.69) is 15.6 Å². The summed E-state index contributed by atoms with van der Waals surface area (Å²) in [6.45, 7) is 0.0406. The fraction of sp³-hybridized carbons (Fsp3) is 0.286. The molecule has 0 fully saturated rings. The molecule has 0 aliphatic heterocycles. The lowest BCUT2D eigenvalue weighted by Crippen LogP contribution is -2.26. The van der Waals surface area contributed by atoms with E-state index < -0.39 is 5.97 Å². The normalized spacial score (nSPS) is 9.50. The van der Waals surface area contributed by atoms with E-state index in [0.717, 1.165) is 11.3 Å². The highest BCUT2D eigenvalue weighted by molar-refractivity contribution is 7.14. The number of aromatic nitrogens is 1. The molecule has 0 aliphatic carbocycles. The van der Waals surface area contributed by atoms with Gasteiger partial charge in [0, 0.05) is 7.05 Å². The van der Waals surface area contributed by atoms with Gasteiger partial charge in [-0.05, 0) is 0 Å². The molecule has 1 aromatic heterocycles. The molecule has 0 radical (unpaired) electrons. The van der Waals surface area contributed by atoms with Crippen LogP contribution in [0.5, 0.6) is 0 Å². The lowest BCUT2D eigenvalue weighted by molar-refractivity contribution is -0.118. The molecule has 0 aliphatic rings. The Bertz CT molecular complexity index is 350. The van der Waals surface area contributed by atoms with Crippen molar-refractivity contribution in [3.63, 3.8) is 0 Å². The highest BCUT2D eigenvalue weighted by atomic mass is 32.1. The number of nitrogens with zero attached hydrogens (tertiary/aromatic N) is 1. The van der Waals surface area contributed by atoms with Crippen molar-refractivity contribution in [3.05, 3.63) is 11.2 Å². The summed E-state index contributed by atoms with van der Waals surface area (Å²) in [5.74, 6) is -1.32. The van der Waals surface area contributed by atoms with Crippen LogP contribution in [0.25, 0.3) is 0 Å². The van der Waals surface area contributed by atoms with Gasteiger partial charge in [0.15, 0.2) is 5.69 Å². The predicted octanol–water partition coefficient (Wildman–Crippen LogP) is -0.000800. The summed E-state index contributed by atoms with van der Waals surface area (Å²) in [7, 11) is 1.51. The van der Waals surface area contributed by atoms with Crippen molar-refractivity contribution in [3.8, 4) is 0 Å². The molecule has 0 spiro atoms. The van der Waals surface area contributed by atoms with Gasteiger partial charge >= 0.3 is 5.97 Å². The van der Waals surface area contributed by atoms with E-state index >= 15 is 0 Å². The fourth-order valence-electron chi connectivity index (χ4n) is 0.773. The molecule has 1 amide bonds. The molecule has 0 aromatic carbocycles. The Hall–Kier alpha value is -1.63. The van der Waals surface area contributed by atoms with Crippen LogP contribution in [0.3, 0.4) is 0 Å². The Balaban J connectivity index is 2.63. The van der Waals surface area contributed by atoms with Gasteiger partial charge in [-0.25, -0.2) is 9.78 Å². The van der Waals surface area contributed by atoms with Gasteiger partial charge in [-0.1, -0.05) is 0 Å². The number of hydrogen-bond donors (Lipinski definition) is 3. The Labute approximate surface area is 84.0 Å². The summed E-state index contributed by atoms with van der Waals surface area (Å²) < 4.78 is 0. The van der Waals surface area contributed by atoms with Crippen LogP contribution in [-0.2, 0) is 4.79 Å². The van der Waals surface area contributed by atoms with E-state index in [1.807, 2.05) is 0 Å². The van der Waals surface area contributed by atoms with E-state index in [9.17, 15) is 9.59 Å². The van der Waals surface area contributed by atoms with Gasteiger partial charge < -0.3 is 15.7 Å². The lowest BCUT2D eigenvalue weighted by atomic mass is 10.4. The van der Waals surface area contributed by atoms with Crippen molar-refractivity contribution in [2.75, 3.05) is 18.9 Å². The first kappa shape index (κ1) is 10.5. The Morgan fingerprint density at radius 2 is 2.36 bits per heavy atom. The van der Waals surface area contributed by atoms with Crippen LogP contribution in [0.1, 0.15) is 10.5 Å². The number of hydrogen-bond acceptors (Lipinski definition) is 5. The van der Waals surface area contributed by atoms with Gasteiger partial charge in [0.2, 0.25) is 5.91 Å². The summed E-state index contributed by atoms with van der Waals surface area (Å²) in [6.07, 6.45) is 0. The zero-order chi connectivity index (χ0) is 10.6. The molecule has 0 saturated heterocycles. The Kier molecular flexibility index (Phi) is 3.41. The summed E-state index contributed by atoms with van der Waals surface area (Å²) in [6, 6.07) is 0. The number of anilines is 1. The summed E-state index contributed by atoms with van der Waals surface area (Å²) in [4.78, 5) is 25.1. The Morgan fingerprint density at radius 1 is 1.64 bits per heavy atom. The first-order valence-electron chi connectivity index (χ1n) is 3.76. The topological polar surface area (TPSA) is 91.3 Å². The second kappa shape index (κ2) is 4.56. The van der Waals surface area contributed by atoms with Crippen molar-refractivity contribution < 1.29 is 14.7 Å². The number of nitrogens with one attached hydrogen (secondary N) is 2. The van der Waals surface area contributed by atoms with Crippen LogP contribution in [0.2, 0.25) is 0 Å². The highest BCUT2D eigenvalue weighted by Crippen LogP contribution is 2.19. The van der Waals surface area contributed by atoms with Gasteiger partial charge in [-0.2, -0.15) is 0 Å². The SMILES string of the molecule is CNC(=O)CNc1scnc1C(=O)O. The van der Waals surface area contributed by atoms with Crippen LogP contribution in [0.15, 0.2) is 5.51 Å². The van der Waals surface area contributed by atoms with Crippen molar-refractivity contribution in [1.29, 1.82) is 0 Å². The molecule has 1 rings (SSSR count). The molecule has 0 atom stereocenters. The highest BCUT2D eigenvalue weighted by Gasteiger charge is 2.13. The number of carbonyl (C=O) groups excluding carboxylic acids is 1. The zero-order valence-corrected chi connectivity index (χ0v) is 8.22. The summed E-state index contributed by atoms with van der Waals surface area (Å²) in [5.41, 5.74) is 1.36. The van der Waals surface area contributed by atoms with Crippen molar-refractivity contribution in [1.82, 2.24) is 10.3 Å². The van der Waals surface area contributed by atoms with Crippen LogP contribution < -0.4 is 10.6 Å². The first-order chi connectivity index (χ1) is 6.65. The number of carboxylic acid groups (broad SMARTS) is 1. The van der Waals surface area contributed by atoms with Crippen molar-refractivity contribution in [2.24, 2.45) is 0 Å². The standard InChI is InChI=1S/C7H9N3O3S/c1-8-4(11)2-9-6-5(7(12)13)10-3-14-6/h3,9H,2H2,1H3,(H,8,11)(H,12,13). The number of rotatable bonds is 4. The van der Waals surface area contributed by atoms with Gasteiger partial charge in [-0.15, -0.1) is 11.3 Å². The number of aromatic carboxylic acids is 1. The molecular formula is C7H9N3O3S. The third kappa shape index (κ3) is 2.43. The molecule has 1 heterocycles. The monoisotopic (exact) mass is 215 g/mol. The minimum Gasteiger partial charge on any atom is -0.476 e. The number of thiazole rings is 1. The van der Waals surface area contributed by atoms with Gasteiger partial charge in [0.1, 0.15) is 5.00 Å². The molecule has 0 bridgehead atoms. The lowest BCUT2D eigenvalue weighted by Gasteiger charge is -2.02. The maximum absolute atomic E-state index is 10.9. The van der Waals surface area contributed by atoms with Gasteiger partial charge in [0.05, 0.1) is 12.1 Å². The minimum atomic E-state index is -1.11. The van der Waals surface area contributed by atoms with E-state index in [0.29, 0.717) is 5.00 Å². The van der Waals surface area contributed by atoms with Crippen LogP contribution in [0, 0.1) is 0 Å². The van der Waals surface area contributed by atoms with Gasteiger partial charge in [0.25, 0.3) is 0 Å². The van der Waals surface area contributed by atoms with Crippen LogP contribution in [-0.4, -0.2) is 35.6 Å². The van der Waals surface area contributed by atoms with E-state index in [1.165, 1.54) is 12.6 Å². The molecule has 14 heavy (non-hydrogen) atoms. The molecule has 7 heteroatoms. The minimum absolute atomic E-state index is 0.0406. The zero-order valence-electron chi connectivity index (χ0n) is 7.40. The third-order valence-corrected chi connectivity index (χ3v) is 2.24. The van der Waals surface area contributed by atoms with E-state index in [-0.39, 0.29) is 18.1 Å². The number of likely N-dealkylation sites (N-methyl/N-ethyl adjacent to an activating group) is 1. The van der Waals surface area contributed by atoms with Gasteiger partial charge in [-0.3, -0.25) is 4.79 Å². The molecule has 3 N–H and O–H groups in total. The van der Waals surface area contributed by atoms with Crippen molar-refractivity contribution >= 4 is 28.2 Å². The van der Waals surface area contributed by atoms with Crippen LogP contribution in [0.4, 0.5) is 5.00 Å². The maximum atomic E-state index is 10.9. The largest absolute Gasteiger partial charge is 0.476 e. The smallest absolute Gasteiger partial charge is 0.357 e. The average Bonchev–Trinajstić information content (AvgIpc) is 2.62. The van der Waals surface area contributed by atoms with E-state index in [1.54, 1.807) is 0 Å². The second-order valence-electron chi connectivity index (χ2n) is 2.36. The first-order valence-corrected chi connectivity index (χ1v) is 4.64. The summed E-state index contributed by atoms with van der Waals surface area (Å²) in [5, 5.41) is 14.2. The third-order valence-electron chi connectivity index (χ3n) is 1.46. The molecule has 6 nitrogen and oxygen atoms in total. The van der Waals surface area contributed by atoms with Crippen LogP contribution >= 0.6 is 11.3 Å². The Morgan fingerprint density at radius 3 is 2.93 bits per heavy atom. The molecular weight excluding hydrogens is 206 g/mol. The average molecular weight is 215 g/mol. The maximum Gasteiger partial charge on any atom is 0.357 e. The fourth-order valence-corrected chi connectivity index (χ4v) is 1.44. The molecule has 76 valence electrons. The second-order valence-corrected chi connectivity index (χ2v) is 3.22. The molecule has 0 unspecified atom stereocenters. The summed E-state index contributed by atoms with van der Waals surface area (Å²) >= 11 is 1.15. The van der Waals surface area contributed by atoms with Crippen molar-refractivity contribution in [2.45, 2.75) is 0 Å². The number of carboxylic acids is 1. The molecule has 0 saturated carbocycles. The number of carbonyl (C=O) groups is 2. The predicted molar refractivity (Wildman–Crippen MR) is 51.6 cm³/mol.